The first-order chi connectivity index (χ1) is 14.0. The van der Waals surface area contributed by atoms with Gasteiger partial charge in [-0.3, -0.25) is 9.48 Å². The molecule has 1 N–H and O–H groups in total. The van der Waals surface area contributed by atoms with Crippen molar-refractivity contribution in [3.05, 3.63) is 41.0 Å². The highest BCUT2D eigenvalue weighted by molar-refractivity contribution is 7.13. The number of amides is 1. The number of nitrogens with zero attached hydrogens (tertiary/aromatic N) is 6. The van der Waals surface area contributed by atoms with Crippen LogP contribution in [0, 0.1) is 6.92 Å². The van der Waals surface area contributed by atoms with Crippen molar-refractivity contribution in [2.75, 3.05) is 42.9 Å². The summed E-state index contributed by atoms with van der Waals surface area (Å²) in [6, 6.07) is 7.89. The summed E-state index contributed by atoms with van der Waals surface area (Å²) in [5.41, 5.74) is 2.39. The molecule has 1 amide bonds. The van der Waals surface area contributed by atoms with E-state index in [1.165, 1.54) is 0 Å². The second-order valence-corrected chi connectivity index (χ2v) is 7.96. The molecule has 0 aliphatic carbocycles. The van der Waals surface area contributed by atoms with Crippen LogP contribution >= 0.6 is 11.3 Å². The van der Waals surface area contributed by atoms with E-state index >= 15 is 0 Å². The lowest BCUT2D eigenvalue weighted by Gasteiger charge is -2.35. The summed E-state index contributed by atoms with van der Waals surface area (Å²) in [7, 11) is 1.83. The second-order valence-electron chi connectivity index (χ2n) is 7.02. The lowest BCUT2D eigenvalue weighted by atomic mass is 10.2. The van der Waals surface area contributed by atoms with E-state index in [1.54, 1.807) is 16.0 Å². The van der Waals surface area contributed by atoms with Crippen molar-refractivity contribution < 1.29 is 4.79 Å². The average Bonchev–Trinajstić information content (AvgIpc) is 3.37. The zero-order valence-electron chi connectivity index (χ0n) is 16.9. The molecule has 3 aromatic rings. The minimum Gasteiger partial charge on any atom is -0.354 e. The van der Waals surface area contributed by atoms with E-state index in [1.807, 2.05) is 55.4 Å². The van der Waals surface area contributed by atoms with Gasteiger partial charge in [-0.25, -0.2) is 4.98 Å². The highest BCUT2D eigenvalue weighted by Crippen LogP contribution is 2.25. The van der Waals surface area contributed by atoms with Gasteiger partial charge in [-0.1, -0.05) is 6.07 Å². The van der Waals surface area contributed by atoms with Gasteiger partial charge in [0.05, 0.1) is 4.88 Å². The van der Waals surface area contributed by atoms with Crippen molar-refractivity contribution in [1.82, 2.24) is 24.6 Å². The Balaban J connectivity index is 1.44. The molecular formula is C20H25N7OS. The van der Waals surface area contributed by atoms with Gasteiger partial charge >= 0.3 is 0 Å². The normalized spacial score (nSPS) is 14.3. The molecule has 0 atom stereocenters. The first-order valence-electron chi connectivity index (χ1n) is 9.77. The van der Waals surface area contributed by atoms with Gasteiger partial charge in [0.2, 0.25) is 5.95 Å². The lowest BCUT2D eigenvalue weighted by molar-refractivity contribution is 0.0735. The fraction of sp³-hybridized carbons (Fsp3) is 0.400. The number of nitrogens with one attached hydrogen (secondary N) is 1. The number of piperazine rings is 1. The third kappa shape index (κ3) is 4.09. The maximum atomic E-state index is 13.1. The second kappa shape index (κ2) is 8.20. The fourth-order valence-electron chi connectivity index (χ4n) is 3.46. The summed E-state index contributed by atoms with van der Waals surface area (Å²) in [5, 5.41) is 9.70. The molecule has 1 fully saturated rings. The number of hydrogen-bond acceptors (Lipinski definition) is 7. The van der Waals surface area contributed by atoms with Crippen LogP contribution in [0.1, 0.15) is 23.1 Å². The topological polar surface area (TPSA) is 79.2 Å². The first-order valence-corrected chi connectivity index (χ1v) is 10.6. The zero-order chi connectivity index (χ0) is 20.4. The van der Waals surface area contributed by atoms with Gasteiger partial charge in [0.15, 0.2) is 0 Å². The minimum absolute atomic E-state index is 0.0228. The molecule has 0 spiro atoms. The predicted octanol–water partition coefficient (Wildman–Crippen LogP) is 2.64. The number of thiophene rings is 1. The fourth-order valence-corrected chi connectivity index (χ4v) is 4.15. The quantitative estimate of drug-likeness (QED) is 0.695. The van der Waals surface area contributed by atoms with E-state index in [0.717, 1.165) is 41.7 Å². The Labute approximate surface area is 174 Å². The maximum absolute atomic E-state index is 13.1. The summed E-state index contributed by atoms with van der Waals surface area (Å²) in [4.78, 5) is 27.2. The third-order valence-electron chi connectivity index (χ3n) is 4.94. The molecule has 4 rings (SSSR count). The van der Waals surface area contributed by atoms with Crippen LogP contribution in [0.5, 0.6) is 0 Å². The largest absolute Gasteiger partial charge is 0.354 e. The number of aryl methyl sites for hydroxylation is 2. The van der Waals surface area contributed by atoms with Crippen molar-refractivity contribution in [2.45, 2.75) is 13.8 Å². The van der Waals surface area contributed by atoms with Gasteiger partial charge in [0, 0.05) is 51.5 Å². The molecule has 0 saturated carbocycles. The summed E-state index contributed by atoms with van der Waals surface area (Å²) < 4.78 is 1.68. The SMILES string of the molecule is CCNc1nc(C)cc(N2CCN(C(=O)c3cc(-c4cccs4)nn3C)CC2)n1. The Morgan fingerprint density at radius 2 is 2.00 bits per heavy atom. The van der Waals surface area contributed by atoms with Crippen LogP contribution in [-0.4, -0.2) is 63.3 Å². The van der Waals surface area contributed by atoms with Gasteiger partial charge in [0.1, 0.15) is 17.2 Å². The molecule has 1 aliphatic rings. The average molecular weight is 412 g/mol. The summed E-state index contributed by atoms with van der Waals surface area (Å²) >= 11 is 1.62. The summed E-state index contributed by atoms with van der Waals surface area (Å²) in [5.74, 6) is 1.58. The van der Waals surface area contributed by atoms with Crippen LogP contribution in [0.2, 0.25) is 0 Å². The molecule has 0 unspecified atom stereocenters. The third-order valence-corrected chi connectivity index (χ3v) is 5.83. The van der Waals surface area contributed by atoms with Crippen LogP contribution in [0.15, 0.2) is 29.6 Å². The highest BCUT2D eigenvalue weighted by atomic mass is 32.1. The molecule has 3 aromatic heterocycles. The van der Waals surface area contributed by atoms with E-state index in [-0.39, 0.29) is 5.91 Å². The molecule has 29 heavy (non-hydrogen) atoms. The Hall–Kier alpha value is -2.94. The van der Waals surface area contributed by atoms with Crippen LogP contribution in [0.25, 0.3) is 10.6 Å². The van der Waals surface area contributed by atoms with Gasteiger partial charge in [-0.05, 0) is 31.4 Å². The molecule has 0 bridgehead atoms. The Bertz CT molecular complexity index is 990. The van der Waals surface area contributed by atoms with E-state index in [0.29, 0.717) is 24.7 Å². The summed E-state index contributed by atoms with van der Waals surface area (Å²) in [6.07, 6.45) is 0. The van der Waals surface area contributed by atoms with Gasteiger partial charge in [0.25, 0.3) is 5.91 Å². The van der Waals surface area contributed by atoms with E-state index < -0.39 is 0 Å². The maximum Gasteiger partial charge on any atom is 0.272 e. The molecule has 4 heterocycles. The lowest BCUT2D eigenvalue weighted by Crippen LogP contribution is -2.49. The molecular weight excluding hydrogens is 386 g/mol. The number of carbonyl (C=O) groups excluding carboxylic acids is 1. The van der Waals surface area contributed by atoms with E-state index in [9.17, 15) is 4.79 Å². The number of anilines is 2. The van der Waals surface area contributed by atoms with Crippen molar-refractivity contribution in [3.63, 3.8) is 0 Å². The van der Waals surface area contributed by atoms with Crippen LogP contribution < -0.4 is 10.2 Å². The van der Waals surface area contributed by atoms with Crippen LogP contribution in [0.4, 0.5) is 11.8 Å². The van der Waals surface area contributed by atoms with Crippen molar-refractivity contribution >= 4 is 29.0 Å². The monoisotopic (exact) mass is 411 g/mol. The first kappa shape index (κ1) is 19.4. The molecule has 152 valence electrons. The van der Waals surface area contributed by atoms with Gasteiger partial charge < -0.3 is 15.1 Å². The number of rotatable bonds is 5. The van der Waals surface area contributed by atoms with E-state index in [2.05, 4.69) is 25.3 Å². The van der Waals surface area contributed by atoms with Crippen molar-refractivity contribution in [1.29, 1.82) is 0 Å². The Kier molecular flexibility index (Phi) is 5.48. The van der Waals surface area contributed by atoms with Crippen LogP contribution in [-0.2, 0) is 7.05 Å². The zero-order valence-corrected chi connectivity index (χ0v) is 17.7. The van der Waals surface area contributed by atoms with Crippen LogP contribution in [0.3, 0.4) is 0 Å². The molecule has 9 heteroatoms. The molecule has 0 radical (unpaired) electrons. The standard InChI is InChI=1S/C20H25N7OS/c1-4-21-20-22-14(2)12-18(23-20)26-7-9-27(10-8-26)19(28)16-13-15(24-25(16)3)17-6-5-11-29-17/h5-6,11-13H,4,7-10H2,1-3H3,(H,21,22,23). The van der Waals surface area contributed by atoms with Gasteiger partial charge in [-0.15, -0.1) is 11.3 Å². The molecule has 1 aliphatic heterocycles. The van der Waals surface area contributed by atoms with Crippen molar-refractivity contribution in [2.24, 2.45) is 7.05 Å². The minimum atomic E-state index is 0.0228. The highest BCUT2D eigenvalue weighted by Gasteiger charge is 2.26. The number of aromatic nitrogens is 4. The molecule has 0 aromatic carbocycles. The molecule has 1 saturated heterocycles. The van der Waals surface area contributed by atoms with Crippen molar-refractivity contribution in [3.8, 4) is 10.6 Å². The molecule has 8 nitrogen and oxygen atoms in total. The van der Waals surface area contributed by atoms with Gasteiger partial charge in [-0.2, -0.15) is 10.1 Å². The Morgan fingerprint density at radius 3 is 2.69 bits per heavy atom. The predicted molar refractivity (Wildman–Crippen MR) is 116 cm³/mol. The smallest absolute Gasteiger partial charge is 0.272 e. The Morgan fingerprint density at radius 1 is 1.21 bits per heavy atom. The number of hydrogen-bond donors (Lipinski definition) is 1. The number of carbonyl (C=O) groups is 1. The van der Waals surface area contributed by atoms with E-state index in [4.69, 9.17) is 0 Å². The summed E-state index contributed by atoms with van der Waals surface area (Å²) in [6.45, 7) is 7.56.